The molecule has 3 N–H and O–H groups in total. The maximum atomic E-state index is 12.6. The third kappa shape index (κ3) is 4.60. The Kier molecular flexibility index (Phi) is 5.39. The number of rotatable bonds is 4. The molecule has 114 valence electrons. The lowest BCUT2D eigenvalue weighted by Crippen LogP contribution is -2.54. The summed E-state index contributed by atoms with van der Waals surface area (Å²) in [7, 11) is 0. The predicted molar refractivity (Wildman–Crippen MR) is 62.4 cm³/mol. The molecule has 0 radical (unpaired) electrons. The molecule has 20 heavy (non-hydrogen) atoms. The lowest BCUT2D eigenvalue weighted by Gasteiger charge is -2.30. The second kappa shape index (κ2) is 6.27. The second-order valence-corrected chi connectivity index (χ2v) is 4.97. The molecule has 0 aliphatic carbocycles. The molecule has 0 aliphatic rings. The highest BCUT2D eigenvalue weighted by Gasteiger charge is 2.59. The average molecular weight is 366 g/mol. The van der Waals surface area contributed by atoms with Crippen LogP contribution in [0.3, 0.4) is 0 Å². The van der Waals surface area contributed by atoms with Crippen molar-refractivity contribution >= 4 is 15.9 Å². The molecule has 3 nitrogen and oxygen atoms in total. The summed E-state index contributed by atoms with van der Waals surface area (Å²) in [5.74, 6) is 1.31. The minimum atomic E-state index is -5.45. The first-order chi connectivity index (χ1) is 9.05. The molecule has 1 unspecified atom stereocenters. The van der Waals surface area contributed by atoms with Crippen molar-refractivity contribution in [3.05, 3.63) is 28.5 Å². The van der Waals surface area contributed by atoms with Crippen LogP contribution in [0, 0.1) is 5.92 Å². The number of pyridine rings is 1. The van der Waals surface area contributed by atoms with E-state index in [1.165, 1.54) is 18.5 Å². The highest BCUT2D eigenvalue weighted by atomic mass is 79.9. The van der Waals surface area contributed by atoms with Crippen LogP contribution in [-0.4, -0.2) is 23.4 Å². The van der Waals surface area contributed by atoms with Gasteiger partial charge in [0.25, 0.3) is 0 Å². The summed E-state index contributed by atoms with van der Waals surface area (Å²) in [6.07, 6.45) is -8.92. The zero-order chi connectivity index (χ0) is 15.6. The quantitative estimate of drug-likeness (QED) is 0.490. The van der Waals surface area contributed by atoms with E-state index in [0.717, 1.165) is 0 Å². The number of halogens is 7. The number of nitrogens with one attached hydrogen (secondary N) is 1. The SMILES string of the molecule is NNC(Cc1cncc(Br)c1)C(C(F)(F)F)C(F)(F)F. The number of nitrogens with two attached hydrogens (primary N) is 1. The topological polar surface area (TPSA) is 50.9 Å². The molecule has 0 aromatic carbocycles. The van der Waals surface area contributed by atoms with Gasteiger partial charge in [0.15, 0.2) is 5.92 Å². The van der Waals surface area contributed by atoms with Gasteiger partial charge in [0.1, 0.15) is 0 Å². The Morgan fingerprint density at radius 1 is 1.15 bits per heavy atom. The van der Waals surface area contributed by atoms with E-state index in [-0.39, 0.29) is 5.56 Å². The van der Waals surface area contributed by atoms with Gasteiger partial charge in [-0.25, -0.2) is 0 Å². The first kappa shape index (κ1) is 17.2. The van der Waals surface area contributed by atoms with E-state index in [0.29, 0.717) is 4.47 Å². The molecule has 0 saturated carbocycles. The standard InChI is InChI=1S/C10H10BrF6N3/c11-6-1-5(3-19-4-6)2-7(20-18)8(9(12,13)14)10(15,16)17/h1,3-4,7-8,20H,2,18H2. The van der Waals surface area contributed by atoms with Gasteiger partial charge in [-0.05, 0) is 34.0 Å². The van der Waals surface area contributed by atoms with Gasteiger partial charge < -0.3 is 0 Å². The summed E-state index contributed by atoms with van der Waals surface area (Å²) >= 11 is 3.03. The van der Waals surface area contributed by atoms with Crippen molar-refractivity contribution in [2.24, 2.45) is 11.8 Å². The summed E-state index contributed by atoms with van der Waals surface area (Å²) in [6.45, 7) is 0. The number of nitrogens with zero attached hydrogens (tertiary/aromatic N) is 1. The van der Waals surface area contributed by atoms with Crippen LogP contribution in [0.15, 0.2) is 22.9 Å². The molecular formula is C10H10BrF6N3. The van der Waals surface area contributed by atoms with Gasteiger partial charge in [-0.2, -0.15) is 26.3 Å². The van der Waals surface area contributed by atoms with E-state index in [4.69, 9.17) is 5.84 Å². The molecule has 10 heteroatoms. The fourth-order valence-electron chi connectivity index (χ4n) is 1.74. The van der Waals surface area contributed by atoms with Crippen LogP contribution in [0.2, 0.25) is 0 Å². The van der Waals surface area contributed by atoms with Crippen LogP contribution in [0.4, 0.5) is 26.3 Å². The van der Waals surface area contributed by atoms with Crippen molar-refractivity contribution in [1.29, 1.82) is 0 Å². The smallest absolute Gasteiger partial charge is 0.271 e. The molecule has 0 bridgehead atoms. The van der Waals surface area contributed by atoms with Crippen LogP contribution in [-0.2, 0) is 6.42 Å². The predicted octanol–water partition coefficient (Wildman–Crippen LogP) is 2.96. The molecule has 1 aromatic rings. The second-order valence-electron chi connectivity index (χ2n) is 4.05. The van der Waals surface area contributed by atoms with Gasteiger partial charge in [-0.15, -0.1) is 0 Å². The van der Waals surface area contributed by atoms with E-state index >= 15 is 0 Å². The Balaban J connectivity index is 3.03. The van der Waals surface area contributed by atoms with Crippen LogP contribution >= 0.6 is 15.9 Å². The molecule has 0 aliphatic heterocycles. The minimum absolute atomic E-state index is 0.195. The van der Waals surface area contributed by atoms with E-state index in [2.05, 4.69) is 20.9 Å². The Hall–Kier alpha value is -0.870. The average Bonchev–Trinajstić information content (AvgIpc) is 2.24. The summed E-state index contributed by atoms with van der Waals surface area (Å²) in [5, 5.41) is 0. The van der Waals surface area contributed by atoms with Crippen molar-refractivity contribution in [2.75, 3.05) is 0 Å². The van der Waals surface area contributed by atoms with Gasteiger partial charge in [-0.3, -0.25) is 16.3 Å². The summed E-state index contributed by atoms with van der Waals surface area (Å²) in [4.78, 5) is 3.68. The van der Waals surface area contributed by atoms with E-state index < -0.39 is 30.7 Å². The first-order valence-corrected chi connectivity index (χ1v) is 6.04. The van der Waals surface area contributed by atoms with Crippen LogP contribution in [0.5, 0.6) is 0 Å². The van der Waals surface area contributed by atoms with E-state index in [1.807, 2.05) is 0 Å². The Labute approximate surface area is 118 Å². The van der Waals surface area contributed by atoms with Crippen molar-refractivity contribution in [2.45, 2.75) is 24.8 Å². The van der Waals surface area contributed by atoms with Crippen molar-refractivity contribution in [1.82, 2.24) is 10.4 Å². The number of aromatic nitrogens is 1. The highest BCUT2D eigenvalue weighted by Crippen LogP contribution is 2.41. The molecule has 0 fully saturated rings. The molecule has 1 heterocycles. The zero-order valence-electron chi connectivity index (χ0n) is 9.76. The Bertz CT molecular complexity index is 433. The first-order valence-electron chi connectivity index (χ1n) is 5.24. The van der Waals surface area contributed by atoms with Gasteiger partial charge in [0, 0.05) is 22.9 Å². The minimum Gasteiger partial charge on any atom is -0.271 e. The Morgan fingerprint density at radius 3 is 2.10 bits per heavy atom. The molecule has 0 amide bonds. The van der Waals surface area contributed by atoms with Gasteiger partial charge in [0.05, 0.1) is 0 Å². The van der Waals surface area contributed by atoms with Gasteiger partial charge in [-0.1, -0.05) is 0 Å². The summed E-state index contributed by atoms with van der Waals surface area (Å²) in [6, 6.07) is -0.660. The molecular weight excluding hydrogens is 356 g/mol. The van der Waals surface area contributed by atoms with Crippen molar-refractivity contribution in [3.63, 3.8) is 0 Å². The monoisotopic (exact) mass is 365 g/mol. The van der Waals surface area contributed by atoms with E-state index in [1.54, 1.807) is 5.43 Å². The summed E-state index contributed by atoms with van der Waals surface area (Å²) < 4.78 is 76.0. The lowest BCUT2D eigenvalue weighted by atomic mass is 9.93. The fraction of sp³-hybridized carbons (Fsp3) is 0.500. The van der Waals surface area contributed by atoms with Crippen LogP contribution in [0.1, 0.15) is 5.56 Å². The molecule has 0 saturated heterocycles. The zero-order valence-corrected chi connectivity index (χ0v) is 11.4. The number of hydrogen-bond donors (Lipinski definition) is 2. The number of alkyl halides is 6. The maximum Gasteiger partial charge on any atom is 0.402 e. The van der Waals surface area contributed by atoms with Crippen molar-refractivity contribution in [3.8, 4) is 0 Å². The highest BCUT2D eigenvalue weighted by molar-refractivity contribution is 9.10. The van der Waals surface area contributed by atoms with Crippen molar-refractivity contribution < 1.29 is 26.3 Å². The summed E-state index contributed by atoms with van der Waals surface area (Å²) in [5.41, 5.74) is 1.80. The normalized spacial score (nSPS) is 14.7. The maximum absolute atomic E-state index is 12.6. The van der Waals surface area contributed by atoms with E-state index in [9.17, 15) is 26.3 Å². The third-order valence-electron chi connectivity index (χ3n) is 2.54. The number of hydrogen-bond acceptors (Lipinski definition) is 3. The number of hydrazine groups is 1. The molecule has 0 spiro atoms. The van der Waals surface area contributed by atoms with Gasteiger partial charge in [0.2, 0.25) is 0 Å². The molecule has 1 rings (SSSR count). The van der Waals surface area contributed by atoms with Gasteiger partial charge >= 0.3 is 12.4 Å². The Morgan fingerprint density at radius 2 is 1.70 bits per heavy atom. The third-order valence-corrected chi connectivity index (χ3v) is 2.97. The fourth-order valence-corrected chi connectivity index (χ4v) is 2.15. The van der Waals surface area contributed by atoms with Crippen LogP contribution < -0.4 is 11.3 Å². The lowest BCUT2D eigenvalue weighted by molar-refractivity contribution is -0.291. The van der Waals surface area contributed by atoms with Crippen LogP contribution in [0.25, 0.3) is 0 Å². The molecule has 1 atom stereocenters. The molecule has 1 aromatic heterocycles. The largest absolute Gasteiger partial charge is 0.402 e.